The Morgan fingerprint density at radius 2 is 1.88 bits per heavy atom. The van der Waals surface area contributed by atoms with E-state index in [2.05, 4.69) is 4.98 Å². The summed E-state index contributed by atoms with van der Waals surface area (Å²) in [4.78, 5) is 4.69. The van der Waals surface area contributed by atoms with Gasteiger partial charge in [-0.25, -0.2) is 4.98 Å². The lowest BCUT2D eigenvalue weighted by Crippen LogP contribution is -2.07. The number of imidazole rings is 1. The molecule has 0 amide bonds. The van der Waals surface area contributed by atoms with E-state index >= 15 is 0 Å². The standard InChI is InChI=1S/C18H19ClN2O3/c1-23-16-6-3-12(9-17(16)24-2)10-18-20-14-5-4-13(19)11-15(14)21(18)7-8-22/h3-6,9,11,22H,7-8,10H2,1-2H3. The molecule has 2 aromatic carbocycles. The third-order valence-electron chi connectivity index (χ3n) is 3.92. The monoisotopic (exact) mass is 346 g/mol. The fraction of sp³-hybridized carbons (Fsp3) is 0.278. The Morgan fingerprint density at radius 1 is 1.08 bits per heavy atom. The van der Waals surface area contributed by atoms with Gasteiger partial charge in [0.1, 0.15) is 5.82 Å². The van der Waals surface area contributed by atoms with Crippen LogP contribution < -0.4 is 9.47 Å². The first kappa shape index (κ1) is 16.6. The molecule has 0 saturated heterocycles. The molecule has 0 aliphatic carbocycles. The van der Waals surface area contributed by atoms with Gasteiger partial charge in [0.25, 0.3) is 0 Å². The number of ether oxygens (including phenoxy) is 2. The van der Waals surface area contributed by atoms with Crippen molar-refractivity contribution in [2.24, 2.45) is 0 Å². The molecule has 1 N–H and O–H groups in total. The van der Waals surface area contributed by atoms with Crippen LogP contribution in [0.1, 0.15) is 11.4 Å². The minimum absolute atomic E-state index is 0.0386. The van der Waals surface area contributed by atoms with Crippen molar-refractivity contribution in [1.82, 2.24) is 9.55 Å². The summed E-state index contributed by atoms with van der Waals surface area (Å²) in [6.07, 6.45) is 0.618. The Morgan fingerprint density at radius 3 is 2.58 bits per heavy atom. The van der Waals surface area contributed by atoms with E-state index in [1.807, 2.05) is 41.0 Å². The van der Waals surface area contributed by atoms with Crippen LogP contribution in [-0.4, -0.2) is 35.5 Å². The molecule has 1 aromatic heterocycles. The Hall–Kier alpha value is -2.24. The van der Waals surface area contributed by atoms with Crippen LogP contribution >= 0.6 is 11.6 Å². The zero-order chi connectivity index (χ0) is 17.1. The fourth-order valence-electron chi connectivity index (χ4n) is 2.80. The Kier molecular flexibility index (Phi) is 4.92. The average molecular weight is 347 g/mol. The second-order valence-corrected chi connectivity index (χ2v) is 5.84. The van der Waals surface area contributed by atoms with Gasteiger partial charge >= 0.3 is 0 Å². The van der Waals surface area contributed by atoms with Crippen molar-refractivity contribution in [2.45, 2.75) is 13.0 Å². The average Bonchev–Trinajstić information content (AvgIpc) is 2.92. The van der Waals surface area contributed by atoms with E-state index in [0.717, 1.165) is 22.4 Å². The van der Waals surface area contributed by atoms with Gasteiger partial charge in [0.15, 0.2) is 11.5 Å². The van der Waals surface area contributed by atoms with E-state index < -0.39 is 0 Å². The maximum atomic E-state index is 9.39. The summed E-state index contributed by atoms with van der Waals surface area (Å²) >= 11 is 6.10. The molecule has 0 fully saturated rings. The summed E-state index contributed by atoms with van der Waals surface area (Å²) < 4.78 is 12.6. The molecular formula is C18H19ClN2O3. The zero-order valence-corrected chi connectivity index (χ0v) is 14.4. The van der Waals surface area contributed by atoms with Gasteiger partial charge in [0.2, 0.25) is 0 Å². The second kappa shape index (κ2) is 7.11. The molecule has 0 saturated carbocycles. The van der Waals surface area contributed by atoms with E-state index in [1.165, 1.54) is 0 Å². The van der Waals surface area contributed by atoms with Gasteiger partial charge in [-0.05, 0) is 35.9 Å². The van der Waals surface area contributed by atoms with Gasteiger partial charge in [0, 0.05) is 18.0 Å². The molecule has 5 nitrogen and oxygen atoms in total. The van der Waals surface area contributed by atoms with Crippen molar-refractivity contribution in [3.63, 3.8) is 0 Å². The number of fused-ring (bicyclic) bond motifs is 1. The van der Waals surface area contributed by atoms with Crippen LogP contribution in [0, 0.1) is 0 Å². The highest BCUT2D eigenvalue weighted by Gasteiger charge is 2.13. The first-order valence-corrected chi connectivity index (χ1v) is 8.00. The van der Waals surface area contributed by atoms with Crippen LogP contribution in [0.5, 0.6) is 11.5 Å². The van der Waals surface area contributed by atoms with Gasteiger partial charge in [0.05, 0.1) is 31.9 Å². The predicted molar refractivity (Wildman–Crippen MR) is 94.2 cm³/mol. The maximum Gasteiger partial charge on any atom is 0.161 e. The summed E-state index contributed by atoms with van der Waals surface area (Å²) in [6.45, 7) is 0.510. The molecule has 3 aromatic rings. The van der Waals surface area contributed by atoms with E-state index in [0.29, 0.717) is 29.5 Å². The van der Waals surface area contributed by atoms with Gasteiger partial charge in [-0.2, -0.15) is 0 Å². The van der Waals surface area contributed by atoms with Crippen LogP contribution in [0.25, 0.3) is 11.0 Å². The molecule has 0 spiro atoms. The molecule has 0 radical (unpaired) electrons. The largest absolute Gasteiger partial charge is 0.493 e. The minimum Gasteiger partial charge on any atom is -0.493 e. The fourth-order valence-corrected chi connectivity index (χ4v) is 2.97. The van der Waals surface area contributed by atoms with E-state index in [4.69, 9.17) is 21.1 Å². The second-order valence-electron chi connectivity index (χ2n) is 5.40. The molecule has 0 unspecified atom stereocenters. The highest BCUT2D eigenvalue weighted by Crippen LogP contribution is 2.29. The number of aliphatic hydroxyl groups excluding tert-OH is 1. The maximum absolute atomic E-state index is 9.39. The summed E-state index contributed by atoms with van der Waals surface area (Å²) in [5, 5.41) is 10.0. The lowest BCUT2D eigenvalue weighted by atomic mass is 10.1. The summed E-state index contributed by atoms with van der Waals surface area (Å²) in [6, 6.07) is 11.4. The third-order valence-corrected chi connectivity index (χ3v) is 4.16. The van der Waals surface area contributed by atoms with E-state index in [9.17, 15) is 5.11 Å². The number of halogens is 1. The predicted octanol–water partition coefficient (Wildman–Crippen LogP) is 3.29. The molecule has 3 rings (SSSR count). The van der Waals surface area contributed by atoms with Crippen molar-refractivity contribution in [1.29, 1.82) is 0 Å². The molecule has 0 atom stereocenters. The van der Waals surface area contributed by atoms with Crippen LogP contribution in [0.15, 0.2) is 36.4 Å². The van der Waals surface area contributed by atoms with Crippen LogP contribution in [0.3, 0.4) is 0 Å². The van der Waals surface area contributed by atoms with Gasteiger partial charge in [-0.1, -0.05) is 17.7 Å². The number of benzene rings is 2. The van der Waals surface area contributed by atoms with Crippen molar-refractivity contribution in [3.8, 4) is 11.5 Å². The topological polar surface area (TPSA) is 56.5 Å². The summed E-state index contributed by atoms with van der Waals surface area (Å²) in [7, 11) is 3.23. The molecular weight excluding hydrogens is 328 g/mol. The summed E-state index contributed by atoms with van der Waals surface area (Å²) in [5.41, 5.74) is 2.84. The van der Waals surface area contributed by atoms with Crippen LogP contribution in [-0.2, 0) is 13.0 Å². The minimum atomic E-state index is 0.0386. The number of hydrogen-bond donors (Lipinski definition) is 1. The molecule has 24 heavy (non-hydrogen) atoms. The zero-order valence-electron chi connectivity index (χ0n) is 13.6. The number of methoxy groups -OCH3 is 2. The number of aromatic nitrogens is 2. The first-order chi connectivity index (χ1) is 11.7. The van der Waals surface area contributed by atoms with E-state index in [1.54, 1.807) is 14.2 Å². The lowest BCUT2D eigenvalue weighted by molar-refractivity contribution is 0.276. The van der Waals surface area contributed by atoms with Crippen LogP contribution in [0.4, 0.5) is 0 Å². The van der Waals surface area contributed by atoms with E-state index in [-0.39, 0.29) is 6.61 Å². The first-order valence-electron chi connectivity index (χ1n) is 7.62. The van der Waals surface area contributed by atoms with Crippen molar-refractivity contribution in [2.75, 3.05) is 20.8 Å². The molecule has 1 heterocycles. The number of hydrogen-bond acceptors (Lipinski definition) is 4. The number of aliphatic hydroxyl groups is 1. The highest BCUT2D eigenvalue weighted by molar-refractivity contribution is 6.31. The van der Waals surface area contributed by atoms with Crippen molar-refractivity contribution >= 4 is 22.6 Å². The summed E-state index contributed by atoms with van der Waals surface area (Å²) in [5.74, 6) is 2.24. The Labute approximate surface area is 145 Å². The Bertz CT molecular complexity index is 861. The molecule has 6 heteroatoms. The molecule has 0 bridgehead atoms. The molecule has 0 aliphatic heterocycles. The molecule has 126 valence electrons. The van der Waals surface area contributed by atoms with Crippen molar-refractivity contribution in [3.05, 3.63) is 52.8 Å². The highest BCUT2D eigenvalue weighted by atomic mass is 35.5. The van der Waals surface area contributed by atoms with Gasteiger partial charge in [-0.3, -0.25) is 0 Å². The smallest absolute Gasteiger partial charge is 0.161 e. The number of nitrogens with zero attached hydrogens (tertiary/aromatic N) is 2. The molecule has 0 aliphatic rings. The SMILES string of the molecule is COc1ccc(Cc2nc3ccc(Cl)cc3n2CCO)cc1OC. The lowest BCUT2D eigenvalue weighted by Gasteiger charge is -2.11. The third kappa shape index (κ3) is 3.18. The normalized spacial score (nSPS) is 11.0. The number of rotatable bonds is 6. The van der Waals surface area contributed by atoms with Crippen molar-refractivity contribution < 1.29 is 14.6 Å². The van der Waals surface area contributed by atoms with Crippen LogP contribution in [0.2, 0.25) is 5.02 Å². The van der Waals surface area contributed by atoms with Gasteiger partial charge < -0.3 is 19.1 Å². The Balaban J connectivity index is 2.01. The quantitative estimate of drug-likeness (QED) is 0.744. The van der Waals surface area contributed by atoms with Gasteiger partial charge in [-0.15, -0.1) is 0 Å².